The summed E-state index contributed by atoms with van der Waals surface area (Å²) in [6.45, 7) is 4.44. The van der Waals surface area contributed by atoms with Crippen LogP contribution in [0.25, 0.3) is 0 Å². The van der Waals surface area contributed by atoms with E-state index in [9.17, 15) is 0 Å². The van der Waals surface area contributed by atoms with E-state index in [-0.39, 0.29) is 6.10 Å². The first kappa shape index (κ1) is 10.4. The summed E-state index contributed by atoms with van der Waals surface area (Å²) in [4.78, 5) is 17.9. The first-order valence-electron chi connectivity index (χ1n) is 4.05. The molecule has 1 aliphatic heterocycles. The highest BCUT2D eigenvalue weighted by Crippen LogP contribution is 2.46. The quantitative estimate of drug-likeness (QED) is 0.654. The summed E-state index contributed by atoms with van der Waals surface area (Å²) < 4.78 is 10.2. The highest BCUT2D eigenvalue weighted by Gasteiger charge is 2.31. The molecule has 4 nitrogen and oxygen atoms in total. The number of ether oxygens (including phenoxy) is 1. The summed E-state index contributed by atoms with van der Waals surface area (Å²) in [5.74, 6) is 0.556. The van der Waals surface area contributed by atoms with E-state index in [2.05, 4.69) is 6.92 Å². The van der Waals surface area contributed by atoms with Gasteiger partial charge in [-0.3, -0.25) is 0 Å². The third kappa shape index (κ3) is 3.78. The predicted octanol–water partition coefficient (Wildman–Crippen LogP) is 0.805. The van der Waals surface area contributed by atoms with E-state index in [1.165, 1.54) is 6.66 Å². The Balaban J connectivity index is 2.16. The van der Waals surface area contributed by atoms with Gasteiger partial charge in [-0.05, 0) is 12.3 Å². The molecular weight excluding hydrogens is 179 g/mol. The molecule has 1 heterocycles. The van der Waals surface area contributed by atoms with Crippen LogP contribution in [-0.4, -0.2) is 35.8 Å². The van der Waals surface area contributed by atoms with Crippen LogP contribution in [0, 0.1) is 5.92 Å². The van der Waals surface area contributed by atoms with Crippen LogP contribution >= 0.6 is 7.94 Å². The van der Waals surface area contributed by atoms with Crippen molar-refractivity contribution in [1.82, 2.24) is 0 Å². The Morgan fingerprint density at radius 3 is 2.67 bits per heavy atom. The van der Waals surface area contributed by atoms with Crippen molar-refractivity contribution in [2.75, 3.05) is 19.9 Å². The van der Waals surface area contributed by atoms with E-state index in [4.69, 9.17) is 19.0 Å². The molecule has 1 aliphatic rings. The van der Waals surface area contributed by atoms with Crippen LogP contribution in [0.15, 0.2) is 0 Å². The van der Waals surface area contributed by atoms with Gasteiger partial charge in [-0.1, -0.05) is 6.92 Å². The van der Waals surface area contributed by atoms with E-state index in [1.807, 2.05) is 0 Å². The molecular formula is C7H16O4P+. The normalized spacial score (nSPS) is 31.0. The molecule has 2 atom stereocenters. The molecule has 0 amide bonds. The molecule has 1 fully saturated rings. The van der Waals surface area contributed by atoms with Crippen molar-refractivity contribution in [1.29, 1.82) is 0 Å². The fourth-order valence-corrected chi connectivity index (χ4v) is 1.67. The van der Waals surface area contributed by atoms with Gasteiger partial charge in [0.1, 0.15) is 13.3 Å². The lowest BCUT2D eigenvalue weighted by molar-refractivity contribution is 0.0582. The van der Waals surface area contributed by atoms with Gasteiger partial charge in [-0.2, -0.15) is 14.3 Å². The smallest absolute Gasteiger partial charge is 0.375 e. The standard InChI is InChI=1S/C7H16O4P/c1-6-3-7(10-4-6)5-11-12(2,8)9/h6-9H,3-5H2,1-2H3/q+1/t6-,7-/m0/s1. The fraction of sp³-hybridized carbons (Fsp3) is 1.00. The topological polar surface area (TPSA) is 58.9 Å². The summed E-state index contributed by atoms with van der Waals surface area (Å²) in [6, 6.07) is 0. The molecule has 72 valence electrons. The molecule has 0 saturated carbocycles. The highest BCUT2D eigenvalue weighted by atomic mass is 31.2. The Bertz CT molecular complexity index is 145. The van der Waals surface area contributed by atoms with Gasteiger partial charge in [0.2, 0.25) is 0 Å². The van der Waals surface area contributed by atoms with Crippen molar-refractivity contribution < 1.29 is 19.0 Å². The Labute approximate surface area is 73.1 Å². The molecule has 0 aromatic heterocycles. The number of rotatable bonds is 3. The third-order valence-corrected chi connectivity index (χ3v) is 2.42. The molecule has 0 radical (unpaired) electrons. The Hall–Kier alpha value is 0.270. The van der Waals surface area contributed by atoms with E-state index in [0.717, 1.165) is 13.0 Å². The second-order valence-corrected chi connectivity index (χ2v) is 5.36. The SMILES string of the molecule is C[C@@H]1CO[C@H](CO[P+](C)(O)O)C1. The molecule has 1 rings (SSSR count). The van der Waals surface area contributed by atoms with Crippen LogP contribution < -0.4 is 0 Å². The molecule has 1 saturated heterocycles. The molecule has 0 aromatic carbocycles. The Morgan fingerprint density at radius 2 is 2.25 bits per heavy atom. The Kier molecular flexibility index (Phi) is 3.44. The fourth-order valence-electron chi connectivity index (χ4n) is 1.23. The number of hydrogen-bond donors (Lipinski definition) is 2. The molecule has 2 N–H and O–H groups in total. The minimum atomic E-state index is -3.07. The third-order valence-electron chi connectivity index (χ3n) is 1.79. The van der Waals surface area contributed by atoms with Gasteiger partial charge in [-0.25, -0.2) is 0 Å². The summed E-state index contributed by atoms with van der Waals surface area (Å²) in [7, 11) is -3.07. The first-order chi connectivity index (χ1) is 5.47. The second-order valence-electron chi connectivity index (χ2n) is 3.43. The summed E-state index contributed by atoms with van der Waals surface area (Å²) >= 11 is 0. The molecule has 5 heteroatoms. The van der Waals surface area contributed by atoms with Gasteiger partial charge >= 0.3 is 7.94 Å². The zero-order valence-electron chi connectivity index (χ0n) is 7.43. The minimum absolute atomic E-state index is 0.0404. The summed E-state index contributed by atoms with van der Waals surface area (Å²) in [5, 5.41) is 0. The van der Waals surface area contributed by atoms with Crippen molar-refractivity contribution in [3.8, 4) is 0 Å². The number of hydrogen-bond acceptors (Lipinski definition) is 4. The molecule has 0 spiro atoms. The van der Waals surface area contributed by atoms with Gasteiger partial charge in [0, 0.05) is 6.61 Å². The lowest BCUT2D eigenvalue weighted by Crippen LogP contribution is -2.14. The lowest BCUT2D eigenvalue weighted by atomic mass is 10.1. The van der Waals surface area contributed by atoms with Crippen LogP contribution in [0.3, 0.4) is 0 Å². The van der Waals surface area contributed by atoms with Crippen LogP contribution in [-0.2, 0) is 9.26 Å². The van der Waals surface area contributed by atoms with Crippen LogP contribution in [0.1, 0.15) is 13.3 Å². The van der Waals surface area contributed by atoms with Crippen molar-refractivity contribution in [3.63, 3.8) is 0 Å². The monoisotopic (exact) mass is 195 g/mol. The van der Waals surface area contributed by atoms with Gasteiger partial charge < -0.3 is 4.74 Å². The molecule has 0 aliphatic carbocycles. The largest absolute Gasteiger partial charge is 0.403 e. The average molecular weight is 195 g/mol. The summed E-state index contributed by atoms with van der Waals surface area (Å²) in [6.07, 6.45) is 0.985. The molecule has 0 aromatic rings. The maximum Gasteiger partial charge on any atom is 0.403 e. The van der Waals surface area contributed by atoms with Crippen LogP contribution in [0.2, 0.25) is 0 Å². The van der Waals surface area contributed by atoms with Crippen molar-refractivity contribution in [2.24, 2.45) is 5.92 Å². The van der Waals surface area contributed by atoms with Gasteiger partial charge in [0.15, 0.2) is 0 Å². The van der Waals surface area contributed by atoms with Gasteiger partial charge in [0.05, 0.1) is 6.10 Å². The zero-order valence-corrected chi connectivity index (χ0v) is 8.33. The Morgan fingerprint density at radius 1 is 1.58 bits per heavy atom. The predicted molar refractivity (Wildman–Crippen MR) is 46.8 cm³/mol. The van der Waals surface area contributed by atoms with Crippen molar-refractivity contribution >= 4 is 7.94 Å². The molecule has 0 bridgehead atoms. The van der Waals surface area contributed by atoms with E-state index < -0.39 is 7.94 Å². The van der Waals surface area contributed by atoms with Crippen LogP contribution in [0.5, 0.6) is 0 Å². The van der Waals surface area contributed by atoms with Crippen molar-refractivity contribution in [3.05, 3.63) is 0 Å². The van der Waals surface area contributed by atoms with Crippen LogP contribution in [0.4, 0.5) is 0 Å². The first-order valence-corrected chi connectivity index (χ1v) is 6.11. The second kappa shape index (κ2) is 3.99. The molecule has 12 heavy (non-hydrogen) atoms. The average Bonchev–Trinajstić information content (AvgIpc) is 2.30. The lowest BCUT2D eigenvalue weighted by Gasteiger charge is -2.10. The zero-order chi connectivity index (χ0) is 9.19. The van der Waals surface area contributed by atoms with Crippen molar-refractivity contribution in [2.45, 2.75) is 19.4 Å². The van der Waals surface area contributed by atoms with E-state index >= 15 is 0 Å². The molecule has 0 unspecified atom stereocenters. The van der Waals surface area contributed by atoms with Gasteiger partial charge in [0.25, 0.3) is 0 Å². The van der Waals surface area contributed by atoms with Gasteiger partial charge in [-0.15, -0.1) is 0 Å². The maximum absolute atomic E-state index is 8.93. The van der Waals surface area contributed by atoms with E-state index in [0.29, 0.717) is 12.5 Å². The maximum atomic E-state index is 8.93. The minimum Gasteiger partial charge on any atom is -0.375 e. The van der Waals surface area contributed by atoms with E-state index in [1.54, 1.807) is 0 Å². The highest BCUT2D eigenvalue weighted by molar-refractivity contribution is 7.58. The summed E-state index contributed by atoms with van der Waals surface area (Å²) in [5.41, 5.74) is 0.